The SMILES string of the molecule is Cc1cc(Cl)nc(Cn2cnc3ccc(Br)cc3c2=O)n1. The first-order valence-electron chi connectivity index (χ1n) is 6.18. The average Bonchev–Trinajstić information content (AvgIpc) is 2.41. The molecule has 2 heterocycles. The van der Waals surface area contributed by atoms with Gasteiger partial charge >= 0.3 is 0 Å². The summed E-state index contributed by atoms with van der Waals surface area (Å²) in [4.78, 5) is 25.1. The van der Waals surface area contributed by atoms with Crippen molar-refractivity contribution in [2.45, 2.75) is 13.5 Å². The second kappa shape index (κ2) is 5.54. The van der Waals surface area contributed by atoms with Gasteiger partial charge in [0.2, 0.25) is 0 Å². The Morgan fingerprint density at radius 2 is 2.10 bits per heavy atom. The Hall–Kier alpha value is -1.79. The summed E-state index contributed by atoms with van der Waals surface area (Å²) in [6.07, 6.45) is 1.50. The maximum absolute atomic E-state index is 12.5. The summed E-state index contributed by atoms with van der Waals surface area (Å²) in [5.74, 6) is 0.484. The molecular formula is C14H10BrClN4O. The molecular weight excluding hydrogens is 356 g/mol. The van der Waals surface area contributed by atoms with Crippen molar-refractivity contribution < 1.29 is 0 Å². The molecule has 1 aromatic carbocycles. The predicted octanol–water partition coefficient (Wildman–Crippen LogP) is 2.96. The van der Waals surface area contributed by atoms with Gasteiger partial charge < -0.3 is 0 Å². The van der Waals surface area contributed by atoms with Crippen LogP contribution in [0.2, 0.25) is 5.15 Å². The number of benzene rings is 1. The molecule has 2 aromatic heterocycles. The van der Waals surface area contributed by atoms with Gasteiger partial charge in [-0.05, 0) is 31.2 Å². The van der Waals surface area contributed by atoms with Crippen LogP contribution in [0, 0.1) is 6.92 Å². The van der Waals surface area contributed by atoms with Crippen LogP contribution in [0.25, 0.3) is 10.9 Å². The number of hydrogen-bond donors (Lipinski definition) is 0. The molecule has 0 saturated carbocycles. The van der Waals surface area contributed by atoms with Crippen molar-refractivity contribution in [1.82, 2.24) is 19.5 Å². The van der Waals surface area contributed by atoms with Crippen molar-refractivity contribution in [2.75, 3.05) is 0 Å². The van der Waals surface area contributed by atoms with E-state index in [4.69, 9.17) is 11.6 Å². The lowest BCUT2D eigenvalue weighted by Gasteiger charge is -2.07. The molecule has 5 nitrogen and oxygen atoms in total. The van der Waals surface area contributed by atoms with Gasteiger partial charge in [-0.25, -0.2) is 15.0 Å². The maximum atomic E-state index is 12.5. The first-order chi connectivity index (χ1) is 10.0. The largest absolute Gasteiger partial charge is 0.291 e. The van der Waals surface area contributed by atoms with Crippen LogP contribution in [-0.4, -0.2) is 19.5 Å². The molecule has 3 rings (SSSR count). The number of rotatable bonds is 2. The predicted molar refractivity (Wildman–Crippen MR) is 84.6 cm³/mol. The average molecular weight is 366 g/mol. The Kier molecular flexibility index (Phi) is 3.73. The highest BCUT2D eigenvalue weighted by Crippen LogP contribution is 2.15. The van der Waals surface area contributed by atoms with Gasteiger partial charge in [-0.3, -0.25) is 9.36 Å². The first-order valence-corrected chi connectivity index (χ1v) is 7.35. The van der Waals surface area contributed by atoms with E-state index >= 15 is 0 Å². The quantitative estimate of drug-likeness (QED) is 0.655. The van der Waals surface area contributed by atoms with Crippen molar-refractivity contribution in [2.24, 2.45) is 0 Å². The van der Waals surface area contributed by atoms with E-state index in [-0.39, 0.29) is 12.1 Å². The van der Waals surface area contributed by atoms with Gasteiger partial charge in [0.1, 0.15) is 11.0 Å². The maximum Gasteiger partial charge on any atom is 0.261 e. The van der Waals surface area contributed by atoms with E-state index in [0.29, 0.717) is 21.9 Å². The second-order valence-corrected chi connectivity index (χ2v) is 5.89. The van der Waals surface area contributed by atoms with Crippen LogP contribution < -0.4 is 5.56 Å². The number of halogens is 2. The third-order valence-corrected chi connectivity index (χ3v) is 3.65. The molecule has 21 heavy (non-hydrogen) atoms. The molecule has 3 aromatic rings. The van der Waals surface area contributed by atoms with Crippen LogP contribution in [-0.2, 0) is 6.54 Å². The number of nitrogens with zero attached hydrogens (tertiary/aromatic N) is 4. The third-order valence-electron chi connectivity index (χ3n) is 2.97. The van der Waals surface area contributed by atoms with Crippen LogP contribution in [0.1, 0.15) is 11.5 Å². The fourth-order valence-corrected chi connectivity index (χ4v) is 2.67. The van der Waals surface area contributed by atoms with Crippen molar-refractivity contribution in [1.29, 1.82) is 0 Å². The van der Waals surface area contributed by atoms with Gasteiger partial charge in [0, 0.05) is 10.2 Å². The Morgan fingerprint density at radius 1 is 1.29 bits per heavy atom. The van der Waals surface area contributed by atoms with Crippen molar-refractivity contribution >= 4 is 38.4 Å². The van der Waals surface area contributed by atoms with E-state index in [9.17, 15) is 4.79 Å². The zero-order chi connectivity index (χ0) is 15.0. The summed E-state index contributed by atoms with van der Waals surface area (Å²) >= 11 is 9.27. The van der Waals surface area contributed by atoms with Gasteiger partial charge in [-0.2, -0.15) is 0 Å². The summed E-state index contributed by atoms with van der Waals surface area (Å²) in [5, 5.41) is 0.910. The van der Waals surface area contributed by atoms with Crippen LogP contribution in [0.5, 0.6) is 0 Å². The van der Waals surface area contributed by atoms with E-state index < -0.39 is 0 Å². The molecule has 0 fully saturated rings. The lowest BCUT2D eigenvalue weighted by Crippen LogP contribution is -2.22. The van der Waals surface area contributed by atoms with Crippen molar-refractivity contribution in [3.05, 3.63) is 62.1 Å². The Morgan fingerprint density at radius 3 is 2.86 bits per heavy atom. The summed E-state index contributed by atoms with van der Waals surface area (Å²) in [5.41, 5.74) is 1.28. The Bertz CT molecular complexity index is 874. The summed E-state index contributed by atoms with van der Waals surface area (Å²) in [6.45, 7) is 2.06. The summed E-state index contributed by atoms with van der Waals surface area (Å²) in [7, 11) is 0. The molecule has 0 spiro atoms. The molecule has 0 aliphatic heterocycles. The Balaban J connectivity index is 2.08. The minimum absolute atomic E-state index is 0.137. The van der Waals surface area contributed by atoms with Gasteiger partial charge in [0.05, 0.1) is 23.8 Å². The molecule has 7 heteroatoms. The fourth-order valence-electron chi connectivity index (χ4n) is 2.06. The lowest BCUT2D eigenvalue weighted by molar-refractivity contribution is 0.703. The first kappa shape index (κ1) is 14.2. The number of aromatic nitrogens is 4. The van der Waals surface area contributed by atoms with Gasteiger partial charge in [-0.15, -0.1) is 0 Å². The van der Waals surface area contributed by atoms with E-state index in [0.717, 1.165) is 10.2 Å². The summed E-state index contributed by atoms with van der Waals surface area (Å²) in [6, 6.07) is 7.07. The highest BCUT2D eigenvalue weighted by atomic mass is 79.9. The standard InChI is InChI=1S/C14H10BrClN4O/c1-8-4-12(16)19-13(18-8)6-20-7-17-11-3-2-9(15)5-10(11)14(20)21/h2-5,7H,6H2,1H3. The van der Waals surface area contributed by atoms with Crippen LogP contribution in [0.3, 0.4) is 0 Å². The van der Waals surface area contributed by atoms with E-state index in [2.05, 4.69) is 30.9 Å². The van der Waals surface area contributed by atoms with Gasteiger partial charge in [0.25, 0.3) is 5.56 Å². The number of aryl methyl sites for hydroxylation is 1. The molecule has 0 radical (unpaired) electrons. The molecule has 0 unspecified atom stereocenters. The van der Waals surface area contributed by atoms with E-state index in [1.165, 1.54) is 10.9 Å². The van der Waals surface area contributed by atoms with Crippen LogP contribution >= 0.6 is 27.5 Å². The number of hydrogen-bond acceptors (Lipinski definition) is 4. The minimum atomic E-state index is -0.137. The molecule has 0 aliphatic rings. The molecule has 106 valence electrons. The minimum Gasteiger partial charge on any atom is -0.291 e. The second-order valence-electron chi connectivity index (χ2n) is 4.59. The molecule has 0 saturated heterocycles. The smallest absolute Gasteiger partial charge is 0.261 e. The molecule has 0 bridgehead atoms. The molecule has 0 aliphatic carbocycles. The lowest BCUT2D eigenvalue weighted by atomic mass is 10.2. The fraction of sp³-hybridized carbons (Fsp3) is 0.143. The highest BCUT2D eigenvalue weighted by Gasteiger charge is 2.07. The Labute approximate surface area is 133 Å². The van der Waals surface area contributed by atoms with Crippen molar-refractivity contribution in [3.8, 4) is 0 Å². The molecule has 0 atom stereocenters. The summed E-state index contributed by atoms with van der Waals surface area (Å²) < 4.78 is 2.31. The highest BCUT2D eigenvalue weighted by molar-refractivity contribution is 9.10. The van der Waals surface area contributed by atoms with Crippen molar-refractivity contribution in [3.63, 3.8) is 0 Å². The van der Waals surface area contributed by atoms with Gasteiger partial charge in [-0.1, -0.05) is 27.5 Å². The number of fused-ring (bicyclic) bond motifs is 1. The van der Waals surface area contributed by atoms with E-state index in [1.54, 1.807) is 18.2 Å². The van der Waals surface area contributed by atoms with Crippen LogP contribution in [0.15, 0.2) is 39.9 Å². The zero-order valence-electron chi connectivity index (χ0n) is 11.0. The zero-order valence-corrected chi connectivity index (χ0v) is 13.4. The molecule has 0 amide bonds. The third kappa shape index (κ3) is 2.96. The topological polar surface area (TPSA) is 60.7 Å². The molecule has 0 N–H and O–H groups in total. The van der Waals surface area contributed by atoms with Gasteiger partial charge in [0.15, 0.2) is 0 Å². The monoisotopic (exact) mass is 364 g/mol. The normalized spacial score (nSPS) is 11.0. The van der Waals surface area contributed by atoms with Crippen LogP contribution in [0.4, 0.5) is 0 Å². The van der Waals surface area contributed by atoms with E-state index in [1.807, 2.05) is 13.0 Å².